The number of nitrogens with zero attached hydrogens (tertiary/aromatic N) is 3. The van der Waals surface area contributed by atoms with Gasteiger partial charge in [-0.25, -0.2) is 4.98 Å². The zero-order valence-corrected chi connectivity index (χ0v) is 12.7. The predicted molar refractivity (Wildman–Crippen MR) is 82.3 cm³/mol. The van der Waals surface area contributed by atoms with Gasteiger partial charge in [0.15, 0.2) is 0 Å². The van der Waals surface area contributed by atoms with Gasteiger partial charge in [-0.3, -0.25) is 4.79 Å². The number of anilines is 1. The standard InChI is InChI=1S/C15H24N4O2/c1-18(2)11-15(21)6-4-9-19(10-7-15)14-12(13(16)20)5-3-8-17-14/h3,5,8,21H,4,6-7,9-11H2,1-2H3,(H2,16,20)/t15-/m1/s1. The van der Waals surface area contributed by atoms with Gasteiger partial charge in [0, 0.05) is 25.8 Å². The zero-order valence-electron chi connectivity index (χ0n) is 12.7. The van der Waals surface area contributed by atoms with E-state index in [1.807, 2.05) is 23.9 Å². The molecule has 21 heavy (non-hydrogen) atoms. The third kappa shape index (κ3) is 3.92. The van der Waals surface area contributed by atoms with Crippen molar-refractivity contribution in [2.24, 2.45) is 5.73 Å². The molecule has 1 amide bonds. The SMILES string of the molecule is CN(C)C[C@@]1(O)CCCN(c2ncccc2C(N)=O)CC1. The molecule has 1 aromatic heterocycles. The molecule has 0 radical (unpaired) electrons. The molecule has 6 nitrogen and oxygen atoms in total. The number of likely N-dealkylation sites (N-methyl/N-ethyl adjacent to an activating group) is 1. The van der Waals surface area contributed by atoms with Crippen LogP contribution >= 0.6 is 0 Å². The first-order valence-electron chi connectivity index (χ1n) is 7.28. The van der Waals surface area contributed by atoms with Crippen LogP contribution in [0.25, 0.3) is 0 Å². The average molecular weight is 292 g/mol. The van der Waals surface area contributed by atoms with Crippen LogP contribution in [-0.2, 0) is 0 Å². The highest BCUT2D eigenvalue weighted by Crippen LogP contribution is 2.26. The molecule has 1 saturated heterocycles. The van der Waals surface area contributed by atoms with Crippen LogP contribution in [0.4, 0.5) is 5.82 Å². The summed E-state index contributed by atoms with van der Waals surface area (Å²) in [5.41, 5.74) is 5.18. The summed E-state index contributed by atoms with van der Waals surface area (Å²) < 4.78 is 0. The van der Waals surface area contributed by atoms with Crippen LogP contribution in [0.1, 0.15) is 29.6 Å². The second kappa shape index (κ2) is 6.41. The van der Waals surface area contributed by atoms with Crippen molar-refractivity contribution in [2.75, 3.05) is 38.6 Å². The van der Waals surface area contributed by atoms with Crippen LogP contribution in [-0.4, -0.2) is 60.2 Å². The molecule has 0 unspecified atom stereocenters. The van der Waals surface area contributed by atoms with Gasteiger partial charge in [-0.05, 0) is 45.5 Å². The van der Waals surface area contributed by atoms with E-state index in [9.17, 15) is 9.90 Å². The van der Waals surface area contributed by atoms with E-state index in [2.05, 4.69) is 4.98 Å². The van der Waals surface area contributed by atoms with Gasteiger partial charge >= 0.3 is 0 Å². The minimum atomic E-state index is -0.681. The van der Waals surface area contributed by atoms with Gasteiger partial charge in [-0.1, -0.05) is 0 Å². The fourth-order valence-electron chi connectivity index (χ4n) is 2.98. The first-order valence-corrected chi connectivity index (χ1v) is 7.28. The number of pyridine rings is 1. The van der Waals surface area contributed by atoms with Crippen molar-refractivity contribution in [1.82, 2.24) is 9.88 Å². The Morgan fingerprint density at radius 2 is 2.24 bits per heavy atom. The van der Waals surface area contributed by atoms with Crippen LogP contribution in [0.2, 0.25) is 0 Å². The minimum Gasteiger partial charge on any atom is -0.388 e. The Bertz CT molecular complexity index is 506. The topological polar surface area (TPSA) is 82.7 Å². The van der Waals surface area contributed by atoms with E-state index < -0.39 is 11.5 Å². The van der Waals surface area contributed by atoms with Gasteiger partial charge in [-0.15, -0.1) is 0 Å². The lowest BCUT2D eigenvalue weighted by atomic mass is 9.94. The maximum absolute atomic E-state index is 11.5. The Balaban J connectivity index is 2.15. The van der Waals surface area contributed by atoms with Crippen molar-refractivity contribution < 1.29 is 9.90 Å². The Kier molecular flexibility index (Phi) is 4.80. The summed E-state index contributed by atoms with van der Waals surface area (Å²) in [6, 6.07) is 3.41. The molecule has 0 aliphatic carbocycles. The normalized spacial score (nSPS) is 23.1. The third-order valence-corrected chi connectivity index (χ3v) is 3.88. The molecule has 116 valence electrons. The molecule has 1 fully saturated rings. The molecule has 0 saturated carbocycles. The van der Waals surface area contributed by atoms with Crippen LogP contribution in [0.15, 0.2) is 18.3 Å². The molecular weight excluding hydrogens is 268 g/mol. The smallest absolute Gasteiger partial charge is 0.252 e. The number of hydrogen-bond acceptors (Lipinski definition) is 5. The molecule has 1 atom stereocenters. The number of primary amides is 1. The number of carbonyl (C=O) groups excluding carboxylic acids is 1. The second-order valence-corrected chi connectivity index (χ2v) is 6.04. The first kappa shape index (κ1) is 15.7. The van der Waals surface area contributed by atoms with E-state index >= 15 is 0 Å². The van der Waals surface area contributed by atoms with E-state index in [0.29, 0.717) is 30.9 Å². The molecule has 0 spiro atoms. The van der Waals surface area contributed by atoms with Crippen LogP contribution in [0, 0.1) is 0 Å². The molecule has 3 N–H and O–H groups in total. The number of amides is 1. The van der Waals surface area contributed by atoms with E-state index in [-0.39, 0.29) is 0 Å². The van der Waals surface area contributed by atoms with Gasteiger partial charge < -0.3 is 20.6 Å². The molecular formula is C15H24N4O2. The molecule has 1 aliphatic rings. The number of aromatic nitrogens is 1. The minimum absolute atomic E-state index is 0.440. The van der Waals surface area contributed by atoms with Gasteiger partial charge in [0.25, 0.3) is 5.91 Å². The Morgan fingerprint density at radius 1 is 1.48 bits per heavy atom. The summed E-state index contributed by atoms with van der Waals surface area (Å²) in [7, 11) is 3.93. The number of rotatable bonds is 4. The van der Waals surface area contributed by atoms with Gasteiger partial charge in [0.2, 0.25) is 0 Å². The van der Waals surface area contributed by atoms with Crippen molar-refractivity contribution in [2.45, 2.75) is 24.9 Å². The molecule has 6 heteroatoms. The van der Waals surface area contributed by atoms with Crippen LogP contribution < -0.4 is 10.6 Å². The highest BCUT2D eigenvalue weighted by atomic mass is 16.3. The van der Waals surface area contributed by atoms with Gasteiger partial charge in [0.05, 0.1) is 11.2 Å². The third-order valence-electron chi connectivity index (χ3n) is 3.88. The van der Waals surface area contributed by atoms with E-state index in [1.54, 1.807) is 18.3 Å². The van der Waals surface area contributed by atoms with Crippen LogP contribution in [0.3, 0.4) is 0 Å². The van der Waals surface area contributed by atoms with Crippen molar-refractivity contribution in [3.05, 3.63) is 23.9 Å². The lowest BCUT2D eigenvalue weighted by molar-refractivity contribution is 0.00537. The van der Waals surface area contributed by atoms with E-state index in [1.165, 1.54) is 0 Å². The lowest BCUT2D eigenvalue weighted by Gasteiger charge is -2.30. The number of hydrogen-bond donors (Lipinski definition) is 2. The summed E-state index contributed by atoms with van der Waals surface area (Å²) in [4.78, 5) is 19.9. The number of nitrogens with two attached hydrogens (primary N) is 1. The number of carbonyl (C=O) groups is 1. The molecule has 0 aromatic carbocycles. The quantitative estimate of drug-likeness (QED) is 0.842. The largest absolute Gasteiger partial charge is 0.388 e. The predicted octanol–water partition coefficient (Wildman–Crippen LogP) is 0.463. The fraction of sp³-hybridized carbons (Fsp3) is 0.600. The summed E-state index contributed by atoms with van der Waals surface area (Å²) >= 11 is 0. The average Bonchev–Trinajstić information content (AvgIpc) is 2.60. The van der Waals surface area contributed by atoms with Crippen molar-refractivity contribution in [3.63, 3.8) is 0 Å². The van der Waals surface area contributed by atoms with Gasteiger partial charge in [-0.2, -0.15) is 0 Å². The number of aliphatic hydroxyl groups is 1. The maximum Gasteiger partial charge on any atom is 0.252 e. The van der Waals surface area contributed by atoms with Crippen molar-refractivity contribution in [3.8, 4) is 0 Å². The monoisotopic (exact) mass is 292 g/mol. The molecule has 1 aliphatic heterocycles. The molecule has 1 aromatic rings. The van der Waals surface area contributed by atoms with Gasteiger partial charge in [0.1, 0.15) is 5.82 Å². The first-order chi connectivity index (χ1) is 9.91. The highest BCUT2D eigenvalue weighted by molar-refractivity contribution is 5.97. The van der Waals surface area contributed by atoms with Crippen molar-refractivity contribution >= 4 is 11.7 Å². The van der Waals surface area contributed by atoms with E-state index in [0.717, 1.165) is 19.4 Å². The summed E-state index contributed by atoms with van der Waals surface area (Å²) in [6.07, 6.45) is 3.93. The molecule has 2 rings (SSSR count). The summed E-state index contributed by atoms with van der Waals surface area (Å²) in [5.74, 6) is 0.157. The second-order valence-electron chi connectivity index (χ2n) is 6.04. The Labute approximate surface area is 125 Å². The van der Waals surface area contributed by atoms with Crippen LogP contribution in [0.5, 0.6) is 0 Å². The summed E-state index contributed by atoms with van der Waals surface area (Å²) in [6.45, 7) is 2.08. The zero-order chi connectivity index (χ0) is 15.5. The fourth-order valence-corrected chi connectivity index (χ4v) is 2.98. The summed E-state index contributed by atoms with van der Waals surface area (Å²) in [5, 5.41) is 10.7. The molecule has 2 heterocycles. The highest BCUT2D eigenvalue weighted by Gasteiger charge is 2.31. The molecule has 0 bridgehead atoms. The maximum atomic E-state index is 11.5. The lowest BCUT2D eigenvalue weighted by Crippen LogP contribution is -2.41. The van der Waals surface area contributed by atoms with Crippen molar-refractivity contribution in [1.29, 1.82) is 0 Å². The Hall–Kier alpha value is -1.66. The van der Waals surface area contributed by atoms with E-state index in [4.69, 9.17) is 5.73 Å². The Morgan fingerprint density at radius 3 is 2.90 bits per heavy atom.